The molecular weight excluding hydrogens is 432 g/mol. The number of amides is 1. The Bertz CT molecular complexity index is 1050. The van der Waals surface area contributed by atoms with Gasteiger partial charge in [-0.1, -0.05) is 29.3 Å². The van der Waals surface area contributed by atoms with Crippen LogP contribution < -0.4 is 10.6 Å². The largest absolute Gasteiger partial charge is 0.467 e. The molecule has 11 heteroatoms. The highest BCUT2D eigenvalue weighted by Gasteiger charge is 2.47. The van der Waals surface area contributed by atoms with Crippen molar-refractivity contribution in [1.82, 2.24) is 9.78 Å². The van der Waals surface area contributed by atoms with Gasteiger partial charge in [-0.25, -0.2) is 4.68 Å². The number of aromatic nitrogens is 2. The molecule has 2 aromatic heterocycles. The fraction of sp³-hybridized carbons (Fsp3) is 0.222. The predicted octanol–water partition coefficient (Wildman–Crippen LogP) is 5.70. The van der Waals surface area contributed by atoms with Gasteiger partial charge in [0.15, 0.2) is 6.04 Å². The van der Waals surface area contributed by atoms with E-state index in [9.17, 15) is 18.0 Å². The number of alkyl halides is 3. The number of carbonyl (C=O) groups is 1. The summed E-state index contributed by atoms with van der Waals surface area (Å²) in [6, 6.07) is 5.13. The van der Waals surface area contributed by atoms with E-state index in [-0.39, 0.29) is 33.5 Å². The van der Waals surface area contributed by atoms with Crippen LogP contribution in [-0.2, 0) is 0 Å². The van der Waals surface area contributed by atoms with Crippen LogP contribution in [0.5, 0.6) is 0 Å². The average molecular weight is 445 g/mol. The summed E-state index contributed by atoms with van der Waals surface area (Å²) in [5.74, 6) is -0.407. The van der Waals surface area contributed by atoms with E-state index in [0.29, 0.717) is 5.76 Å². The molecule has 1 aromatic carbocycles. The minimum Gasteiger partial charge on any atom is -0.467 e. The molecule has 29 heavy (non-hydrogen) atoms. The lowest BCUT2D eigenvalue weighted by Crippen LogP contribution is -2.36. The number of furan rings is 1. The van der Waals surface area contributed by atoms with Gasteiger partial charge in [0, 0.05) is 6.42 Å². The van der Waals surface area contributed by atoms with Gasteiger partial charge in [-0.15, -0.1) is 0 Å². The summed E-state index contributed by atoms with van der Waals surface area (Å²) in [7, 11) is 0. The van der Waals surface area contributed by atoms with Gasteiger partial charge >= 0.3 is 6.18 Å². The summed E-state index contributed by atoms with van der Waals surface area (Å²) in [5.41, 5.74) is 0.168. The fourth-order valence-electron chi connectivity index (χ4n) is 3.19. The summed E-state index contributed by atoms with van der Waals surface area (Å²) in [6.45, 7) is 0. The van der Waals surface area contributed by atoms with Crippen molar-refractivity contribution in [2.75, 3.05) is 10.6 Å². The van der Waals surface area contributed by atoms with Gasteiger partial charge in [0.2, 0.25) is 0 Å². The van der Waals surface area contributed by atoms with E-state index in [0.717, 1.165) is 10.9 Å². The molecule has 1 aliphatic rings. The number of halogens is 5. The number of carbonyl (C=O) groups excluding carboxylic acids is 1. The summed E-state index contributed by atoms with van der Waals surface area (Å²) >= 11 is 12.0. The Hall–Kier alpha value is -2.65. The van der Waals surface area contributed by atoms with E-state index < -0.39 is 24.2 Å². The van der Waals surface area contributed by atoms with Gasteiger partial charge in [-0.3, -0.25) is 4.79 Å². The fourth-order valence-corrected chi connectivity index (χ4v) is 3.54. The molecule has 0 bridgehead atoms. The minimum atomic E-state index is -4.56. The predicted molar refractivity (Wildman–Crippen MR) is 101 cm³/mol. The van der Waals surface area contributed by atoms with Crippen molar-refractivity contribution in [3.05, 3.63) is 64.2 Å². The first kappa shape index (κ1) is 19.7. The van der Waals surface area contributed by atoms with Crippen LogP contribution in [-0.4, -0.2) is 21.9 Å². The molecule has 1 aliphatic heterocycles. The molecule has 6 nitrogen and oxygen atoms in total. The second kappa shape index (κ2) is 7.31. The molecule has 0 radical (unpaired) electrons. The normalized spacial score (nSPS) is 18.8. The molecule has 3 aromatic rings. The zero-order valence-corrected chi connectivity index (χ0v) is 16.0. The van der Waals surface area contributed by atoms with Crippen LogP contribution in [0.3, 0.4) is 0 Å². The molecule has 4 rings (SSSR count). The van der Waals surface area contributed by atoms with Crippen molar-refractivity contribution in [3.8, 4) is 0 Å². The van der Waals surface area contributed by atoms with Crippen LogP contribution >= 0.6 is 23.2 Å². The maximum absolute atomic E-state index is 13.6. The highest BCUT2D eigenvalue weighted by molar-refractivity contribution is 6.44. The summed E-state index contributed by atoms with van der Waals surface area (Å²) in [6.07, 6.45) is -2.43. The molecular formula is C18H13Cl2F3N4O2. The lowest BCUT2D eigenvalue weighted by atomic mass is 10.0. The molecule has 3 heterocycles. The summed E-state index contributed by atoms with van der Waals surface area (Å²) in [4.78, 5) is 12.7. The molecule has 0 unspecified atom stereocenters. The third kappa shape index (κ3) is 3.67. The van der Waals surface area contributed by atoms with E-state index in [1.165, 1.54) is 12.3 Å². The Morgan fingerprint density at radius 3 is 2.76 bits per heavy atom. The number of anilines is 2. The Morgan fingerprint density at radius 1 is 1.28 bits per heavy atom. The van der Waals surface area contributed by atoms with Crippen LogP contribution in [0, 0.1) is 0 Å². The third-order valence-electron chi connectivity index (χ3n) is 4.57. The van der Waals surface area contributed by atoms with E-state index in [2.05, 4.69) is 15.7 Å². The van der Waals surface area contributed by atoms with E-state index in [1.807, 2.05) is 0 Å². The Balaban J connectivity index is 1.70. The first-order chi connectivity index (χ1) is 13.8. The SMILES string of the molecule is O=C(Nc1cccc(Cl)c1Cl)c1cnn2c1N[C@H](c1ccco1)C[C@H]2C(F)(F)F. The maximum Gasteiger partial charge on any atom is 0.410 e. The van der Waals surface area contributed by atoms with Gasteiger partial charge in [-0.2, -0.15) is 18.3 Å². The molecule has 1 amide bonds. The van der Waals surface area contributed by atoms with Gasteiger partial charge in [0.1, 0.15) is 17.1 Å². The van der Waals surface area contributed by atoms with Gasteiger partial charge < -0.3 is 15.1 Å². The van der Waals surface area contributed by atoms with Gasteiger partial charge in [0.25, 0.3) is 5.91 Å². The lowest BCUT2D eigenvalue weighted by Gasteiger charge is -2.32. The summed E-state index contributed by atoms with van der Waals surface area (Å²) in [5, 5.41) is 9.64. The van der Waals surface area contributed by atoms with Crippen LogP contribution in [0.2, 0.25) is 10.0 Å². The highest BCUT2D eigenvalue weighted by atomic mass is 35.5. The second-order valence-electron chi connectivity index (χ2n) is 6.41. The van der Waals surface area contributed by atoms with Crippen molar-refractivity contribution in [2.24, 2.45) is 0 Å². The van der Waals surface area contributed by atoms with Crippen LogP contribution in [0.4, 0.5) is 24.7 Å². The first-order valence-corrected chi connectivity index (χ1v) is 9.21. The number of nitrogens with one attached hydrogen (secondary N) is 2. The number of hydrogen-bond acceptors (Lipinski definition) is 4. The Labute approximate surface area is 172 Å². The van der Waals surface area contributed by atoms with Crippen molar-refractivity contribution in [1.29, 1.82) is 0 Å². The summed E-state index contributed by atoms with van der Waals surface area (Å²) < 4.78 is 46.9. The molecule has 152 valence electrons. The molecule has 2 atom stereocenters. The van der Waals surface area contributed by atoms with Crippen LogP contribution in [0.1, 0.15) is 34.6 Å². The van der Waals surface area contributed by atoms with Gasteiger partial charge in [0.05, 0.1) is 34.2 Å². The van der Waals surface area contributed by atoms with Crippen molar-refractivity contribution >= 4 is 40.6 Å². The number of hydrogen-bond donors (Lipinski definition) is 2. The average Bonchev–Trinajstić information content (AvgIpc) is 3.33. The molecule has 2 N–H and O–H groups in total. The van der Waals surface area contributed by atoms with E-state index >= 15 is 0 Å². The smallest absolute Gasteiger partial charge is 0.410 e. The van der Waals surface area contributed by atoms with E-state index in [1.54, 1.807) is 24.3 Å². The third-order valence-corrected chi connectivity index (χ3v) is 5.39. The Kier molecular flexibility index (Phi) is 4.95. The Morgan fingerprint density at radius 2 is 2.07 bits per heavy atom. The topological polar surface area (TPSA) is 72.1 Å². The number of benzene rings is 1. The van der Waals surface area contributed by atoms with Crippen LogP contribution in [0.25, 0.3) is 0 Å². The lowest BCUT2D eigenvalue weighted by molar-refractivity contribution is -0.174. The van der Waals surface area contributed by atoms with Crippen LogP contribution in [0.15, 0.2) is 47.2 Å². The second-order valence-corrected chi connectivity index (χ2v) is 7.20. The molecule has 0 aliphatic carbocycles. The first-order valence-electron chi connectivity index (χ1n) is 8.45. The maximum atomic E-state index is 13.6. The minimum absolute atomic E-state index is 0.0596. The van der Waals surface area contributed by atoms with Crippen molar-refractivity contribution in [3.63, 3.8) is 0 Å². The zero-order valence-electron chi connectivity index (χ0n) is 14.5. The van der Waals surface area contributed by atoms with Gasteiger partial charge in [-0.05, 0) is 24.3 Å². The molecule has 0 saturated heterocycles. The number of nitrogens with zero attached hydrogens (tertiary/aromatic N) is 2. The quantitative estimate of drug-likeness (QED) is 0.543. The van der Waals surface area contributed by atoms with Crippen molar-refractivity contribution in [2.45, 2.75) is 24.7 Å². The monoisotopic (exact) mass is 444 g/mol. The van der Waals surface area contributed by atoms with E-state index in [4.69, 9.17) is 27.6 Å². The number of rotatable bonds is 3. The highest BCUT2D eigenvalue weighted by Crippen LogP contribution is 2.44. The molecule has 0 fully saturated rings. The molecule has 0 spiro atoms. The zero-order chi connectivity index (χ0) is 20.8. The van der Waals surface area contributed by atoms with Crippen molar-refractivity contribution < 1.29 is 22.4 Å². The standard InChI is InChI=1S/C18H13Cl2F3N4O2/c19-10-3-1-4-11(15(10)20)26-17(28)9-8-24-27-14(18(21,22)23)7-12(25-16(9)27)13-5-2-6-29-13/h1-6,8,12,14,25H,7H2,(H,26,28)/t12-,14-/m0/s1. The molecule has 0 saturated carbocycles. The number of fused-ring (bicyclic) bond motifs is 1.